The number of aromatic nitrogens is 1. The Balaban J connectivity index is 1.95. The van der Waals surface area contributed by atoms with Crippen molar-refractivity contribution in [1.29, 1.82) is 0 Å². The maximum Gasteiger partial charge on any atom is 0.259 e. The molecule has 2 aromatic carbocycles. The molecule has 1 heterocycles. The van der Waals surface area contributed by atoms with E-state index in [9.17, 15) is 9.18 Å². The van der Waals surface area contributed by atoms with Crippen molar-refractivity contribution in [2.45, 2.75) is 6.54 Å². The van der Waals surface area contributed by atoms with Crippen LogP contribution in [0.1, 0.15) is 15.9 Å². The van der Waals surface area contributed by atoms with Gasteiger partial charge in [-0.25, -0.2) is 9.37 Å². The van der Waals surface area contributed by atoms with Crippen LogP contribution in [0.15, 0.2) is 72.9 Å². The van der Waals surface area contributed by atoms with Crippen LogP contribution in [-0.4, -0.2) is 18.0 Å². The molecular formula is C20H17FN2O2. The highest BCUT2D eigenvalue weighted by atomic mass is 19.1. The highest BCUT2D eigenvalue weighted by Gasteiger charge is 2.19. The summed E-state index contributed by atoms with van der Waals surface area (Å²) < 4.78 is 18.3. The molecule has 0 bridgehead atoms. The topological polar surface area (TPSA) is 42.4 Å². The lowest BCUT2D eigenvalue weighted by atomic mass is 10.1. The summed E-state index contributed by atoms with van der Waals surface area (Å²) in [6, 6.07) is 18.4. The number of carbonyl (C=O) groups excluding carboxylic acids is 1. The summed E-state index contributed by atoms with van der Waals surface area (Å²) in [5.74, 6) is 0.613. The Kier molecular flexibility index (Phi) is 5.04. The molecular weight excluding hydrogens is 319 g/mol. The number of hydrogen-bond donors (Lipinski definition) is 0. The van der Waals surface area contributed by atoms with Crippen LogP contribution in [0.5, 0.6) is 5.75 Å². The van der Waals surface area contributed by atoms with Gasteiger partial charge in [-0.15, -0.1) is 0 Å². The lowest BCUT2D eigenvalue weighted by molar-refractivity contribution is 0.0984. The van der Waals surface area contributed by atoms with Crippen LogP contribution in [0.3, 0.4) is 0 Å². The van der Waals surface area contributed by atoms with Crippen molar-refractivity contribution in [2.75, 3.05) is 12.0 Å². The van der Waals surface area contributed by atoms with Crippen molar-refractivity contribution >= 4 is 11.7 Å². The Morgan fingerprint density at radius 3 is 2.56 bits per heavy atom. The number of anilines is 1. The van der Waals surface area contributed by atoms with Crippen molar-refractivity contribution < 1.29 is 13.9 Å². The number of amides is 1. The van der Waals surface area contributed by atoms with Crippen molar-refractivity contribution in [3.63, 3.8) is 0 Å². The van der Waals surface area contributed by atoms with Gasteiger partial charge in [0.2, 0.25) is 0 Å². The van der Waals surface area contributed by atoms with Crippen molar-refractivity contribution in [3.8, 4) is 5.75 Å². The lowest BCUT2D eigenvalue weighted by Gasteiger charge is -2.22. The molecule has 0 saturated heterocycles. The first-order chi connectivity index (χ1) is 12.2. The molecule has 0 atom stereocenters. The van der Waals surface area contributed by atoms with Gasteiger partial charge in [0.05, 0.1) is 13.7 Å². The molecule has 0 fully saturated rings. The van der Waals surface area contributed by atoms with E-state index in [1.807, 2.05) is 6.07 Å². The Bertz CT molecular complexity index is 851. The minimum atomic E-state index is -0.313. The molecule has 0 N–H and O–H groups in total. The Morgan fingerprint density at radius 2 is 1.88 bits per heavy atom. The zero-order valence-corrected chi connectivity index (χ0v) is 13.7. The molecule has 25 heavy (non-hydrogen) atoms. The molecule has 1 amide bonds. The van der Waals surface area contributed by atoms with Gasteiger partial charge in [-0.2, -0.15) is 0 Å². The second-order valence-electron chi connectivity index (χ2n) is 5.44. The van der Waals surface area contributed by atoms with E-state index in [4.69, 9.17) is 4.74 Å². The first kappa shape index (κ1) is 16.6. The van der Waals surface area contributed by atoms with E-state index < -0.39 is 0 Å². The number of pyridine rings is 1. The summed E-state index contributed by atoms with van der Waals surface area (Å²) in [6.45, 7) is 0.285. The maximum atomic E-state index is 13.1. The third-order valence-electron chi connectivity index (χ3n) is 3.74. The molecule has 0 spiro atoms. The molecule has 3 rings (SSSR count). The second kappa shape index (κ2) is 7.57. The third kappa shape index (κ3) is 4.01. The summed E-state index contributed by atoms with van der Waals surface area (Å²) in [6.07, 6.45) is 1.63. The van der Waals surface area contributed by atoms with Crippen molar-refractivity contribution in [2.24, 2.45) is 0 Å². The zero-order chi connectivity index (χ0) is 17.6. The van der Waals surface area contributed by atoms with Crippen molar-refractivity contribution in [1.82, 2.24) is 4.98 Å². The fourth-order valence-electron chi connectivity index (χ4n) is 2.45. The van der Waals surface area contributed by atoms with Crippen LogP contribution >= 0.6 is 0 Å². The highest BCUT2D eigenvalue weighted by molar-refractivity contribution is 6.05. The molecule has 126 valence electrons. The van der Waals surface area contributed by atoms with Crippen LogP contribution in [0, 0.1) is 5.82 Å². The van der Waals surface area contributed by atoms with E-state index in [0.717, 1.165) is 5.56 Å². The molecule has 4 nitrogen and oxygen atoms in total. The number of carbonyl (C=O) groups is 1. The minimum Gasteiger partial charge on any atom is -0.497 e. The van der Waals surface area contributed by atoms with Crippen LogP contribution in [-0.2, 0) is 6.54 Å². The number of benzene rings is 2. The molecule has 0 saturated carbocycles. The summed E-state index contributed by atoms with van der Waals surface area (Å²) in [5.41, 5.74) is 1.30. The normalized spacial score (nSPS) is 10.3. The van der Waals surface area contributed by atoms with E-state index in [2.05, 4.69) is 4.98 Å². The van der Waals surface area contributed by atoms with Gasteiger partial charge in [-0.3, -0.25) is 9.69 Å². The van der Waals surface area contributed by atoms with Gasteiger partial charge in [0.1, 0.15) is 17.4 Å². The number of rotatable bonds is 5. The number of ether oxygens (including phenoxy) is 1. The van der Waals surface area contributed by atoms with E-state index in [-0.39, 0.29) is 18.3 Å². The van der Waals surface area contributed by atoms with Crippen LogP contribution in [0.2, 0.25) is 0 Å². The Morgan fingerprint density at radius 1 is 1.08 bits per heavy atom. The average molecular weight is 336 g/mol. The molecule has 0 aliphatic heterocycles. The monoisotopic (exact) mass is 336 g/mol. The number of methoxy groups -OCH3 is 1. The van der Waals surface area contributed by atoms with Crippen LogP contribution in [0.25, 0.3) is 0 Å². The summed E-state index contributed by atoms with van der Waals surface area (Å²) in [4.78, 5) is 18.9. The molecule has 0 radical (unpaired) electrons. The minimum absolute atomic E-state index is 0.207. The maximum absolute atomic E-state index is 13.1. The van der Waals surface area contributed by atoms with E-state index in [1.165, 1.54) is 12.1 Å². The van der Waals surface area contributed by atoms with Gasteiger partial charge in [0, 0.05) is 11.8 Å². The molecule has 3 aromatic rings. The summed E-state index contributed by atoms with van der Waals surface area (Å²) in [7, 11) is 1.55. The van der Waals surface area contributed by atoms with Gasteiger partial charge < -0.3 is 4.74 Å². The molecule has 0 aliphatic carbocycles. The van der Waals surface area contributed by atoms with Gasteiger partial charge in [-0.1, -0.05) is 24.3 Å². The summed E-state index contributed by atoms with van der Waals surface area (Å²) >= 11 is 0. The zero-order valence-electron chi connectivity index (χ0n) is 13.7. The smallest absolute Gasteiger partial charge is 0.259 e. The standard InChI is InChI=1S/C20H17FN2O2/c1-25-18-6-4-5-16(13-18)20(24)23(19-7-2-3-12-22-19)14-15-8-10-17(21)11-9-15/h2-13H,14H2,1H3. The van der Waals surface area contributed by atoms with Crippen molar-refractivity contribution in [3.05, 3.63) is 89.9 Å². The Labute approximate surface area is 145 Å². The predicted molar refractivity (Wildman–Crippen MR) is 94.1 cm³/mol. The van der Waals surface area contributed by atoms with E-state index in [1.54, 1.807) is 66.7 Å². The van der Waals surface area contributed by atoms with E-state index in [0.29, 0.717) is 17.1 Å². The fraction of sp³-hybridized carbons (Fsp3) is 0.100. The van der Waals surface area contributed by atoms with Gasteiger partial charge in [0.25, 0.3) is 5.91 Å². The first-order valence-corrected chi connectivity index (χ1v) is 7.79. The average Bonchev–Trinajstić information content (AvgIpc) is 2.67. The molecule has 0 unspecified atom stereocenters. The van der Waals surface area contributed by atoms with Gasteiger partial charge in [-0.05, 0) is 48.0 Å². The Hall–Kier alpha value is -3.21. The van der Waals surface area contributed by atoms with Gasteiger partial charge >= 0.3 is 0 Å². The van der Waals surface area contributed by atoms with Crippen LogP contribution in [0.4, 0.5) is 10.2 Å². The first-order valence-electron chi connectivity index (χ1n) is 7.79. The number of halogens is 1. The fourth-order valence-corrected chi connectivity index (χ4v) is 2.45. The molecule has 1 aromatic heterocycles. The molecule has 0 aliphatic rings. The summed E-state index contributed by atoms with van der Waals surface area (Å²) in [5, 5.41) is 0. The van der Waals surface area contributed by atoms with Gasteiger partial charge in [0.15, 0.2) is 0 Å². The molecule has 5 heteroatoms. The number of hydrogen-bond acceptors (Lipinski definition) is 3. The number of nitrogens with zero attached hydrogens (tertiary/aromatic N) is 2. The lowest BCUT2D eigenvalue weighted by Crippen LogP contribution is -2.31. The third-order valence-corrected chi connectivity index (χ3v) is 3.74. The largest absolute Gasteiger partial charge is 0.497 e. The SMILES string of the molecule is COc1cccc(C(=O)N(Cc2ccc(F)cc2)c2ccccn2)c1. The predicted octanol–water partition coefficient (Wildman–Crippen LogP) is 4.08. The highest BCUT2D eigenvalue weighted by Crippen LogP contribution is 2.20. The second-order valence-corrected chi connectivity index (χ2v) is 5.44. The van der Waals surface area contributed by atoms with Crippen LogP contribution < -0.4 is 9.64 Å². The quantitative estimate of drug-likeness (QED) is 0.705. The van der Waals surface area contributed by atoms with E-state index >= 15 is 0 Å².